The molecule has 2 nitrogen and oxygen atoms in total. The van der Waals surface area contributed by atoms with E-state index in [1.807, 2.05) is 7.05 Å². The highest BCUT2D eigenvalue weighted by atomic mass is 15.1. The van der Waals surface area contributed by atoms with Gasteiger partial charge in [-0.25, -0.2) is 0 Å². The average Bonchev–Trinajstić information content (AvgIpc) is 2.35. The predicted molar refractivity (Wildman–Crippen MR) is 75.4 cm³/mol. The van der Waals surface area contributed by atoms with Crippen LogP contribution in [0.2, 0.25) is 0 Å². The normalized spacial score (nSPS) is 13.4. The Hall–Kier alpha value is -0.860. The second-order valence-electron chi connectivity index (χ2n) is 4.97. The van der Waals surface area contributed by atoms with Crippen LogP contribution < -0.4 is 5.32 Å². The molecule has 0 amide bonds. The fraction of sp³-hybridized carbons (Fsp3) is 0.600. The Kier molecular flexibility index (Phi) is 5.66. The molecule has 0 saturated heterocycles. The van der Waals surface area contributed by atoms with Crippen molar-refractivity contribution in [3.05, 3.63) is 35.4 Å². The predicted octanol–water partition coefficient (Wildman–Crippen LogP) is 2.85. The van der Waals surface area contributed by atoms with Gasteiger partial charge in [0.15, 0.2) is 0 Å². The van der Waals surface area contributed by atoms with E-state index in [2.05, 4.69) is 62.3 Å². The number of hydrogen-bond donors (Lipinski definition) is 1. The maximum Gasteiger partial charge on any atom is 0.0446 e. The second kappa shape index (κ2) is 6.77. The number of nitrogens with zero attached hydrogens (tertiary/aromatic N) is 1. The minimum atomic E-state index is 0.410. The fourth-order valence-corrected chi connectivity index (χ4v) is 1.85. The van der Waals surface area contributed by atoms with Gasteiger partial charge in [0.25, 0.3) is 0 Å². The monoisotopic (exact) mass is 234 g/mol. The number of likely N-dealkylation sites (N-methyl/N-ethyl adjacent to an activating group) is 2. The zero-order valence-electron chi connectivity index (χ0n) is 11.8. The van der Waals surface area contributed by atoms with Crippen LogP contribution in [0.4, 0.5) is 0 Å². The Morgan fingerprint density at radius 2 is 1.76 bits per heavy atom. The van der Waals surface area contributed by atoms with Crippen LogP contribution >= 0.6 is 0 Å². The zero-order chi connectivity index (χ0) is 12.8. The Bertz CT molecular complexity index is 316. The molecule has 1 rings (SSSR count). The maximum absolute atomic E-state index is 3.40. The van der Waals surface area contributed by atoms with E-state index < -0.39 is 0 Å². The molecule has 0 aliphatic carbocycles. The summed E-state index contributed by atoms with van der Waals surface area (Å²) in [6, 6.07) is 9.95. The van der Waals surface area contributed by atoms with Gasteiger partial charge in [0.05, 0.1) is 0 Å². The minimum Gasteiger partial charge on any atom is -0.312 e. The molecule has 2 heteroatoms. The lowest BCUT2D eigenvalue weighted by molar-refractivity contribution is 0.246. The number of hydrogen-bond acceptors (Lipinski definition) is 2. The highest BCUT2D eigenvalue weighted by molar-refractivity contribution is 5.25. The van der Waals surface area contributed by atoms with Crippen LogP contribution in [-0.4, -0.2) is 31.6 Å². The minimum absolute atomic E-state index is 0.410. The van der Waals surface area contributed by atoms with Crippen LogP contribution in [0.1, 0.15) is 37.9 Å². The molecular formula is C15H26N2. The maximum atomic E-state index is 3.40. The van der Waals surface area contributed by atoms with Gasteiger partial charge in [0.1, 0.15) is 0 Å². The number of benzene rings is 1. The van der Waals surface area contributed by atoms with E-state index >= 15 is 0 Å². The molecule has 0 bridgehead atoms. The van der Waals surface area contributed by atoms with Gasteiger partial charge in [0.2, 0.25) is 0 Å². The summed E-state index contributed by atoms with van der Waals surface area (Å²) < 4.78 is 0. The zero-order valence-corrected chi connectivity index (χ0v) is 11.8. The molecule has 0 saturated carbocycles. The molecule has 0 aliphatic heterocycles. The molecule has 96 valence electrons. The van der Waals surface area contributed by atoms with Crippen LogP contribution in [0, 0.1) is 0 Å². The Balaban J connectivity index is 2.72. The van der Waals surface area contributed by atoms with Crippen molar-refractivity contribution in [2.45, 2.75) is 39.3 Å². The fourth-order valence-electron chi connectivity index (χ4n) is 1.85. The van der Waals surface area contributed by atoms with Crippen LogP contribution in [0.3, 0.4) is 0 Å². The summed E-state index contributed by atoms with van der Waals surface area (Å²) in [4.78, 5) is 2.37. The molecule has 0 aromatic heterocycles. The van der Waals surface area contributed by atoms with Crippen LogP contribution in [-0.2, 0) is 6.42 Å². The summed E-state index contributed by atoms with van der Waals surface area (Å²) in [5.41, 5.74) is 2.78. The molecular weight excluding hydrogens is 208 g/mol. The van der Waals surface area contributed by atoms with E-state index in [4.69, 9.17) is 0 Å². The number of rotatable bonds is 6. The van der Waals surface area contributed by atoms with Crippen molar-refractivity contribution in [2.24, 2.45) is 0 Å². The van der Waals surface area contributed by atoms with Crippen molar-refractivity contribution in [1.82, 2.24) is 10.2 Å². The van der Waals surface area contributed by atoms with Gasteiger partial charge < -0.3 is 10.2 Å². The Morgan fingerprint density at radius 3 is 2.18 bits per heavy atom. The first kappa shape index (κ1) is 14.2. The van der Waals surface area contributed by atoms with Gasteiger partial charge in [0, 0.05) is 18.6 Å². The van der Waals surface area contributed by atoms with Crippen molar-refractivity contribution in [3.8, 4) is 0 Å². The second-order valence-corrected chi connectivity index (χ2v) is 4.97. The van der Waals surface area contributed by atoms with Crippen molar-refractivity contribution >= 4 is 0 Å². The lowest BCUT2D eigenvalue weighted by Gasteiger charge is -2.27. The van der Waals surface area contributed by atoms with Crippen LogP contribution in [0.5, 0.6) is 0 Å². The van der Waals surface area contributed by atoms with Crippen LogP contribution in [0.15, 0.2) is 24.3 Å². The molecule has 0 aliphatic rings. The first-order valence-electron chi connectivity index (χ1n) is 6.54. The van der Waals surface area contributed by atoms with Gasteiger partial charge in [-0.3, -0.25) is 0 Å². The molecule has 1 unspecified atom stereocenters. The van der Waals surface area contributed by atoms with Crippen molar-refractivity contribution in [1.29, 1.82) is 0 Å². The van der Waals surface area contributed by atoms with Gasteiger partial charge in [-0.05, 0) is 45.5 Å². The van der Waals surface area contributed by atoms with E-state index in [1.165, 1.54) is 11.1 Å². The third-order valence-corrected chi connectivity index (χ3v) is 3.49. The van der Waals surface area contributed by atoms with E-state index in [-0.39, 0.29) is 0 Å². The molecule has 1 atom stereocenters. The Morgan fingerprint density at radius 1 is 1.18 bits per heavy atom. The quantitative estimate of drug-likeness (QED) is 0.814. The smallest absolute Gasteiger partial charge is 0.0446 e. The molecule has 17 heavy (non-hydrogen) atoms. The molecule has 1 aromatic rings. The molecule has 0 fully saturated rings. The summed E-state index contributed by atoms with van der Waals surface area (Å²) >= 11 is 0. The summed E-state index contributed by atoms with van der Waals surface area (Å²) in [7, 11) is 4.21. The molecule has 0 heterocycles. The highest BCUT2D eigenvalue weighted by Gasteiger charge is 2.13. The van der Waals surface area contributed by atoms with Gasteiger partial charge >= 0.3 is 0 Å². The molecule has 1 aromatic carbocycles. The Labute approximate surface area is 106 Å². The van der Waals surface area contributed by atoms with Gasteiger partial charge in [-0.15, -0.1) is 0 Å². The van der Waals surface area contributed by atoms with Crippen LogP contribution in [0.25, 0.3) is 0 Å². The first-order chi connectivity index (χ1) is 8.08. The SMILES string of the molecule is CCc1ccc(C(CN(C)C(C)C)NC)cc1. The topological polar surface area (TPSA) is 15.3 Å². The van der Waals surface area contributed by atoms with Crippen molar-refractivity contribution < 1.29 is 0 Å². The third-order valence-electron chi connectivity index (χ3n) is 3.49. The van der Waals surface area contributed by atoms with Gasteiger partial charge in [-0.2, -0.15) is 0 Å². The summed E-state index contributed by atoms with van der Waals surface area (Å²) in [5.74, 6) is 0. The van der Waals surface area contributed by atoms with Gasteiger partial charge in [-0.1, -0.05) is 31.2 Å². The van der Waals surface area contributed by atoms with E-state index in [0.29, 0.717) is 12.1 Å². The highest BCUT2D eigenvalue weighted by Crippen LogP contribution is 2.15. The van der Waals surface area contributed by atoms with Crippen molar-refractivity contribution in [3.63, 3.8) is 0 Å². The largest absolute Gasteiger partial charge is 0.312 e. The summed E-state index contributed by atoms with van der Waals surface area (Å²) in [5, 5.41) is 3.40. The summed E-state index contributed by atoms with van der Waals surface area (Å²) in [6.07, 6.45) is 1.11. The van der Waals surface area contributed by atoms with E-state index in [0.717, 1.165) is 13.0 Å². The number of aryl methyl sites for hydroxylation is 1. The molecule has 0 spiro atoms. The summed E-state index contributed by atoms with van der Waals surface area (Å²) in [6.45, 7) is 7.69. The standard InChI is InChI=1S/C15H26N2/c1-6-13-7-9-14(10-8-13)15(16-4)11-17(5)12(2)3/h7-10,12,15-16H,6,11H2,1-5H3. The van der Waals surface area contributed by atoms with E-state index in [1.54, 1.807) is 0 Å². The third kappa shape index (κ3) is 4.14. The lowest BCUT2D eigenvalue weighted by atomic mass is 10.0. The van der Waals surface area contributed by atoms with E-state index in [9.17, 15) is 0 Å². The lowest BCUT2D eigenvalue weighted by Crippen LogP contribution is -2.35. The number of nitrogens with one attached hydrogen (secondary N) is 1. The average molecular weight is 234 g/mol. The first-order valence-corrected chi connectivity index (χ1v) is 6.54. The molecule has 0 radical (unpaired) electrons. The molecule has 1 N–H and O–H groups in total. The van der Waals surface area contributed by atoms with Crippen molar-refractivity contribution in [2.75, 3.05) is 20.6 Å².